The molecule has 8 nitrogen and oxygen atoms in total. The van der Waals surface area contributed by atoms with E-state index in [2.05, 4.69) is 16.7 Å². The summed E-state index contributed by atoms with van der Waals surface area (Å²) in [4.78, 5) is 23.1. The molecule has 2 aromatic carbocycles. The minimum absolute atomic E-state index is 0.116. The Morgan fingerprint density at radius 3 is 2.62 bits per heavy atom. The Morgan fingerprint density at radius 1 is 1.28 bits per heavy atom. The van der Waals surface area contributed by atoms with Gasteiger partial charge in [-0.15, -0.1) is 0 Å². The molecule has 1 heterocycles. The molecule has 1 aliphatic heterocycles. The van der Waals surface area contributed by atoms with E-state index >= 15 is 0 Å². The Balaban J connectivity index is 1.73. The van der Waals surface area contributed by atoms with Crippen molar-refractivity contribution in [2.75, 3.05) is 32.2 Å². The second-order valence-electron chi connectivity index (χ2n) is 8.11. The van der Waals surface area contributed by atoms with Crippen LogP contribution >= 0.6 is 11.6 Å². The van der Waals surface area contributed by atoms with Crippen molar-refractivity contribution in [3.8, 4) is 5.75 Å². The fourth-order valence-corrected chi connectivity index (χ4v) is 4.16. The van der Waals surface area contributed by atoms with Crippen LogP contribution in [0.3, 0.4) is 0 Å². The van der Waals surface area contributed by atoms with Gasteiger partial charge in [-0.2, -0.15) is 0 Å². The van der Waals surface area contributed by atoms with Crippen LogP contribution in [0.1, 0.15) is 30.9 Å². The third-order valence-corrected chi connectivity index (χ3v) is 6.25. The molecule has 0 aromatic heterocycles. The number of halogens is 1. The van der Waals surface area contributed by atoms with Gasteiger partial charge in [-0.05, 0) is 38.8 Å². The van der Waals surface area contributed by atoms with E-state index in [0.717, 1.165) is 29.7 Å². The highest BCUT2D eigenvalue weighted by Gasteiger charge is 2.37. The van der Waals surface area contributed by atoms with E-state index in [1.807, 2.05) is 19.1 Å². The van der Waals surface area contributed by atoms with Gasteiger partial charge in [0.2, 0.25) is 5.91 Å². The van der Waals surface area contributed by atoms with Crippen LogP contribution in [0.25, 0.3) is 0 Å². The number of nitrogens with one attached hydrogen (secondary N) is 2. The number of non-ortho nitro benzene ring substituents is 1. The maximum atomic E-state index is 12.8. The molecule has 1 saturated heterocycles. The van der Waals surface area contributed by atoms with E-state index < -0.39 is 11.0 Å². The third kappa shape index (κ3) is 5.38. The zero-order valence-electron chi connectivity index (χ0n) is 18.4. The number of amides is 1. The lowest BCUT2D eigenvalue weighted by Gasteiger charge is -2.39. The van der Waals surface area contributed by atoms with E-state index in [0.29, 0.717) is 25.4 Å². The molecular formula is C23H28ClN3O5. The molecule has 3 rings (SSSR count). The molecule has 0 saturated carbocycles. The molecule has 1 aliphatic rings. The number of rotatable bonds is 8. The summed E-state index contributed by atoms with van der Waals surface area (Å²) in [5.41, 5.74) is 2.23. The average Bonchev–Trinajstić information content (AvgIpc) is 2.79. The Labute approximate surface area is 192 Å². The minimum atomic E-state index is -0.533. The largest absolute Gasteiger partial charge is 0.496 e. The van der Waals surface area contributed by atoms with Crippen LogP contribution in [-0.2, 0) is 14.9 Å². The van der Waals surface area contributed by atoms with Crippen LogP contribution in [0.2, 0.25) is 5.02 Å². The first-order valence-electron chi connectivity index (χ1n) is 10.5. The summed E-state index contributed by atoms with van der Waals surface area (Å²) in [6, 6.07) is 9.59. The summed E-state index contributed by atoms with van der Waals surface area (Å²) in [6.45, 7) is 5.66. The Morgan fingerprint density at radius 2 is 2.00 bits per heavy atom. The van der Waals surface area contributed by atoms with Crippen LogP contribution < -0.4 is 15.4 Å². The quantitative estimate of drug-likeness (QED) is 0.450. The number of ether oxygens (including phenoxy) is 2. The summed E-state index contributed by atoms with van der Waals surface area (Å²) >= 11 is 6.10. The molecule has 0 radical (unpaired) electrons. The maximum Gasteiger partial charge on any atom is 0.271 e. The highest BCUT2D eigenvalue weighted by Crippen LogP contribution is 2.40. The summed E-state index contributed by atoms with van der Waals surface area (Å²) < 4.78 is 11.3. The number of aryl methyl sites for hydroxylation is 1. The Kier molecular flexibility index (Phi) is 7.71. The third-order valence-electron chi connectivity index (χ3n) is 5.94. The van der Waals surface area contributed by atoms with Gasteiger partial charge in [0.1, 0.15) is 5.75 Å². The first-order chi connectivity index (χ1) is 15.3. The number of nitro groups is 1. The zero-order valence-corrected chi connectivity index (χ0v) is 19.2. The van der Waals surface area contributed by atoms with Crippen molar-refractivity contribution in [2.24, 2.45) is 0 Å². The molecule has 1 amide bonds. The molecule has 0 aliphatic carbocycles. The van der Waals surface area contributed by atoms with Gasteiger partial charge in [0.25, 0.3) is 5.69 Å². The molecular weight excluding hydrogens is 434 g/mol. The van der Waals surface area contributed by atoms with E-state index in [1.165, 1.54) is 18.2 Å². The minimum Gasteiger partial charge on any atom is -0.496 e. The van der Waals surface area contributed by atoms with Gasteiger partial charge in [-0.3, -0.25) is 14.9 Å². The number of hydrogen-bond donors (Lipinski definition) is 2. The van der Waals surface area contributed by atoms with Crippen molar-refractivity contribution >= 4 is 28.9 Å². The second-order valence-corrected chi connectivity index (χ2v) is 8.52. The van der Waals surface area contributed by atoms with Crippen molar-refractivity contribution in [3.63, 3.8) is 0 Å². The maximum absolute atomic E-state index is 12.8. The first-order valence-corrected chi connectivity index (χ1v) is 10.8. The molecule has 32 heavy (non-hydrogen) atoms. The van der Waals surface area contributed by atoms with Gasteiger partial charge in [-0.25, -0.2) is 0 Å². The fraction of sp³-hybridized carbons (Fsp3) is 0.435. The van der Waals surface area contributed by atoms with E-state index in [9.17, 15) is 14.9 Å². The highest BCUT2D eigenvalue weighted by atomic mass is 35.5. The molecule has 0 spiro atoms. The molecule has 2 aromatic rings. The van der Waals surface area contributed by atoms with Crippen molar-refractivity contribution < 1.29 is 19.2 Å². The summed E-state index contributed by atoms with van der Waals surface area (Å²) in [5, 5.41) is 17.1. The number of methoxy groups -OCH3 is 1. The number of carbonyl (C=O) groups is 1. The van der Waals surface area contributed by atoms with Gasteiger partial charge in [0.15, 0.2) is 0 Å². The van der Waals surface area contributed by atoms with E-state index in [1.54, 1.807) is 14.0 Å². The topological polar surface area (TPSA) is 103 Å². The highest BCUT2D eigenvalue weighted by molar-refractivity contribution is 6.34. The number of carbonyl (C=O) groups excluding carboxylic acids is 1. The van der Waals surface area contributed by atoms with E-state index in [-0.39, 0.29) is 22.0 Å². The average molecular weight is 462 g/mol. The lowest BCUT2D eigenvalue weighted by molar-refractivity contribution is -0.384. The van der Waals surface area contributed by atoms with Crippen LogP contribution in [-0.4, -0.2) is 43.7 Å². The SMILES string of the molecule is COc1ccc(C)cc1C1(CNC(C)C(=O)Nc2ccc([N+](=O)[O-])cc2Cl)CCOCC1. The van der Waals surface area contributed by atoms with Crippen molar-refractivity contribution in [1.29, 1.82) is 0 Å². The molecule has 1 fully saturated rings. The normalized spacial score (nSPS) is 16.2. The monoisotopic (exact) mass is 461 g/mol. The number of hydrogen-bond acceptors (Lipinski definition) is 6. The summed E-state index contributed by atoms with van der Waals surface area (Å²) in [6.07, 6.45) is 1.62. The molecule has 9 heteroatoms. The molecule has 2 N–H and O–H groups in total. The van der Waals surface area contributed by atoms with Crippen molar-refractivity contribution in [1.82, 2.24) is 5.32 Å². The van der Waals surface area contributed by atoms with Crippen LogP contribution in [0.5, 0.6) is 5.75 Å². The molecule has 1 unspecified atom stereocenters. The summed E-state index contributed by atoms with van der Waals surface area (Å²) in [5.74, 6) is 0.549. The van der Waals surface area contributed by atoms with Gasteiger partial charge in [0, 0.05) is 42.9 Å². The predicted octanol–water partition coefficient (Wildman–Crippen LogP) is 4.23. The predicted molar refractivity (Wildman–Crippen MR) is 124 cm³/mol. The second kappa shape index (κ2) is 10.3. The Bertz CT molecular complexity index is 992. The molecule has 172 valence electrons. The van der Waals surface area contributed by atoms with Crippen LogP contribution in [0.4, 0.5) is 11.4 Å². The van der Waals surface area contributed by atoms with Crippen molar-refractivity contribution in [3.05, 3.63) is 62.7 Å². The molecule has 1 atom stereocenters. The van der Waals surface area contributed by atoms with E-state index in [4.69, 9.17) is 21.1 Å². The smallest absolute Gasteiger partial charge is 0.271 e. The Hall–Kier alpha value is -2.68. The lowest BCUT2D eigenvalue weighted by atomic mass is 9.73. The number of anilines is 1. The molecule has 0 bridgehead atoms. The van der Waals surface area contributed by atoms with Crippen LogP contribution in [0, 0.1) is 17.0 Å². The number of nitrogens with zero attached hydrogens (tertiary/aromatic N) is 1. The van der Waals surface area contributed by atoms with Crippen LogP contribution in [0.15, 0.2) is 36.4 Å². The van der Waals surface area contributed by atoms with Gasteiger partial charge in [0.05, 0.1) is 28.8 Å². The zero-order chi connectivity index (χ0) is 23.3. The number of nitro benzene ring substituents is 1. The van der Waals surface area contributed by atoms with Crippen molar-refractivity contribution in [2.45, 2.75) is 38.1 Å². The first kappa shape index (κ1) is 24.0. The standard InChI is InChI=1S/C23H28ClN3O5/c1-15-4-7-21(31-3)18(12-15)23(8-10-32-11-9-23)14-25-16(2)22(28)26-20-6-5-17(27(29)30)13-19(20)24/h4-7,12-13,16,25H,8-11,14H2,1-3H3,(H,26,28). The number of benzene rings is 2. The van der Waals surface area contributed by atoms with Gasteiger partial charge in [-0.1, -0.05) is 29.3 Å². The van der Waals surface area contributed by atoms with Gasteiger partial charge < -0.3 is 20.1 Å². The van der Waals surface area contributed by atoms with Gasteiger partial charge >= 0.3 is 0 Å². The summed E-state index contributed by atoms with van der Waals surface area (Å²) in [7, 11) is 1.67. The fourth-order valence-electron chi connectivity index (χ4n) is 3.94. The lowest BCUT2D eigenvalue weighted by Crippen LogP contribution is -2.48.